The molecule has 30 heavy (non-hydrogen) atoms. The van der Waals surface area contributed by atoms with Gasteiger partial charge in [-0.3, -0.25) is 9.59 Å². The Labute approximate surface area is 182 Å². The predicted octanol–water partition coefficient (Wildman–Crippen LogP) is 3.91. The van der Waals surface area contributed by atoms with Crippen LogP contribution in [0, 0.1) is 23.2 Å². The Hall–Kier alpha value is -1.08. The van der Waals surface area contributed by atoms with Gasteiger partial charge in [0.2, 0.25) is 5.91 Å². The van der Waals surface area contributed by atoms with Gasteiger partial charge in [-0.1, -0.05) is 27.7 Å². The standard InChI is InChI=1S/C23H40BNO5/c1-14(2)11-18(25-19(26)9-10-20(27)28-21(3,4)5)24-29-17-13-15-12-16(22(15,6)7)23(17,8)30-24/h14-18H,9-13H2,1-8H3,(H,25,26)/t15-,16-,17-,18+,23+/m1/s1. The molecule has 3 aliphatic carbocycles. The van der Waals surface area contributed by atoms with Gasteiger partial charge in [-0.25, -0.2) is 0 Å². The second-order valence-electron chi connectivity index (χ2n) is 11.7. The van der Waals surface area contributed by atoms with Crippen LogP contribution in [0.4, 0.5) is 0 Å². The third-order valence-corrected chi connectivity index (χ3v) is 7.35. The van der Waals surface area contributed by atoms with E-state index in [1.54, 1.807) is 0 Å². The highest BCUT2D eigenvalue weighted by molar-refractivity contribution is 6.47. The third-order valence-electron chi connectivity index (χ3n) is 7.35. The first-order valence-electron chi connectivity index (χ1n) is 11.6. The van der Waals surface area contributed by atoms with Crippen LogP contribution in [-0.4, -0.2) is 42.2 Å². The van der Waals surface area contributed by atoms with E-state index in [4.69, 9.17) is 14.0 Å². The average molecular weight is 421 g/mol. The lowest BCUT2D eigenvalue weighted by Gasteiger charge is -2.64. The lowest BCUT2D eigenvalue weighted by atomic mass is 9.43. The van der Waals surface area contributed by atoms with Crippen molar-refractivity contribution in [2.45, 2.75) is 111 Å². The minimum atomic E-state index is -0.542. The molecule has 4 rings (SSSR count). The molecule has 7 heteroatoms. The molecule has 2 bridgehead atoms. The van der Waals surface area contributed by atoms with E-state index in [1.165, 1.54) is 6.42 Å². The highest BCUT2D eigenvalue weighted by Crippen LogP contribution is 2.65. The number of carbonyl (C=O) groups is 2. The van der Waals surface area contributed by atoms with Crippen LogP contribution < -0.4 is 5.32 Å². The summed E-state index contributed by atoms with van der Waals surface area (Å²) in [6.07, 6.45) is 3.26. The van der Waals surface area contributed by atoms with Gasteiger partial charge in [0.1, 0.15) is 5.60 Å². The van der Waals surface area contributed by atoms with Crippen molar-refractivity contribution in [3.8, 4) is 0 Å². The summed E-state index contributed by atoms with van der Waals surface area (Å²) in [7, 11) is -0.442. The molecule has 1 saturated heterocycles. The van der Waals surface area contributed by atoms with Gasteiger partial charge in [0, 0.05) is 6.42 Å². The summed E-state index contributed by atoms with van der Waals surface area (Å²) in [4.78, 5) is 24.5. The van der Waals surface area contributed by atoms with Gasteiger partial charge in [-0.05, 0) is 70.1 Å². The first-order valence-corrected chi connectivity index (χ1v) is 11.6. The summed E-state index contributed by atoms with van der Waals surface area (Å²) in [6, 6.07) is 0. The number of hydrogen-bond donors (Lipinski definition) is 1. The van der Waals surface area contributed by atoms with Crippen molar-refractivity contribution in [2.24, 2.45) is 23.2 Å². The topological polar surface area (TPSA) is 73.9 Å². The molecule has 0 aromatic carbocycles. The Morgan fingerprint density at radius 2 is 1.83 bits per heavy atom. The first-order chi connectivity index (χ1) is 13.7. The lowest BCUT2D eigenvalue weighted by Crippen LogP contribution is -2.65. The Bertz CT molecular complexity index is 673. The number of ether oxygens (including phenoxy) is 1. The Morgan fingerprint density at radius 3 is 2.40 bits per heavy atom. The van der Waals surface area contributed by atoms with Gasteiger partial charge in [-0.15, -0.1) is 0 Å². The number of amides is 1. The summed E-state index contributed by atoms with van der Waals surface area (Å²) in [5, 5.41) is 3.09. The highest BCUT2D eigenvalue weighted by atomic mass is 16.7. The summed E-state index contributed by atoms with van der Waals surface area (Å²) in [5.41, 5.74) is -0.549. The summed E-state index contributed by atoms with van der Waals surface area (Å²) < 4.78 is 18.3. The van der Waals surface area contributed by atoms with E-state index in [-0.39, 0.29) is 47.8 Å². The van der Waals surface area contributed by atoms with E-state index in [9.17, 15) is 9.59 Å². The van der Waals surface area contributed by atoms with Crippen molar-refractivity contribution in [3.63, 3.8) is 0 Å². The number of nitrogens with one attached hydrogen (secondary N) is 1. The van der Waals surface area contributed by atoms with Crippen LogP contribution >= 0.6 is 0 Å². The van der Waals surface area contributed by atoms with Crippen molar-refractivity contribution < 1.29 is 23.6 Å². The van der Waals surface area contributed by atoms with E-state index in [1.807, 2.05) is 20.8 Å². The minimum absolute atomic E-state index is 0.0716. The van der Waals surface area contributed by atoms with Crippen LogP contribution in [0.15, 0.2) is 0 Å². The van der Waals surface area contributed by atoms with Gasteiger partial charge in [0.25, 0.3) is 0 Å². The number of rotatable bonds is 7. The summed E-state index contributed by atoms with van der Waals surface area (Å²) in [5.74, 6) is 0.819. The normalized spacial score (nSPS) is 33.0. The zero-order valence-corrected chi connectivity index (χ0v) is 20.0. The fourth-order valence-corrected chi connectivity index (χ4v) is 5.70. The van der Waals surface area contributed by atoms with Crippen LogP contribution in [0.25, 0.3) is 0 Å². The van der Waals surface area contributed by atoms with Crippen LogP contribution in [0.1, 0.15) is 87.5 Å². The molecule has 0 aromatic rings. The average Bonchev–Trinajstić information content (AvgIpc) is 2.94. The number of carbonyl (C=O) groups excluding carboxylic acids is 2. The Balaban J connectivity index is 1.60. The maximum Gasteiger partial charge on any atom is 0.481 e. The molecule has 4 fully saturated rings. The van der Waals surface area contributed by atoms with E-state index >= 15 is 0 Å². The van der Waals surface area contributed by atoms with Crippen molar-refractivity contribution in [3.05, 3.63) is 0 Å². The fourth-order valence-electron chi connectivity index (χ4n) is 5.70. The van der Waals surface area contributed by atoms with E-state index in [0.717, 1.165) is 12.8 Å². The van der Waals surface area contributed by atoms with Crippen LogP contribution in [-0.2, 0) is 23.6 Å². The van der Waals surface area contributed by atoms with Crippen molar-refractivity contribution >= 4 is 19.0 Å². The van der Waals surface area contributed by atoms with Gasteiger partial charge in [0.05, 0.1) is 24.1 Å². The summed E-state index contributed by atoms with van der Waals surface area (Å²) >= 11 is 0. The molecule has 4 aliphatic rings. The maximum atomic E-state index is 12.6. The van der Waals surface area contributed by atoms with Crippen molar-refractivity contribution in [2.75, 3.05) is 0 Å². The van der Waals surface area contributed by atoms with Crippen LogP contribution in [0.5, 0.6) is 0 Å². The molecule has 0 radical (unpaired) electrons. The Morgan fingerprint density at radius 1 is 1.17 bits per heavy atom. The van der Waals surface area contributed by atoms with Crippen molar-refractivity contribution in [1.82, 2.24) is 5.32 Å². The van der Waals surface area contributed by atoms with Crippen LogP contribution in [0.3, 0.4) is 0 Å². The molecule has 6 nitrogen and oxygen atoms in total. The second kappa shape index (κ2) is 8.12. The largest absolute Gasteiger partial charge is 0.481 e. The monoisotopic (exact) mass is 421 g/mol. The highest BCUT2D eigenvalue weighted by Gasteiger charge is 2.68. The SMILES string of the molecule is CC(C)C[C@H](NC(=O)CCC(=O)OC(C)(C)C)B1O[C@@H]2C[C@H]3C[C@H](C3(C)C)[C@]2(C)O1. The number of esters is 1. The predicted molar refractivity (Wildman–Crippen MR) is 117 cm³/mol. The quantitative estimate of drug-likeness (QED) is 0.499. The van der Waals surface area contributed by atoms with Gasteiger partial charge < -0.3 is 19.4 Å². The summed E-state index contributed by atoms with van der Waals surface area (Å²) in [6.45, 7) is 16.6. The van der Waals surface area contributed by atoms with E-state index < -0.39 is 12.7 Å². The van der Waals surface area contributed by atoms with Crippen molar-refractivity contribution in [1.29, 1.82) is 0 Å². The third kappa shape index (κ3) is 4.72. The second-order valence-corrected chi connectivity index (χ2v) is 11.7. The first kappa shape index (κ1) is 23.6. The smallest absolute Gasteiger partial charge is 0.460 e. The van der Waals surface area contributed by atoms with E-state index in [2.05, 4.69) is 39.9 Å². The molecule has 1 N–H and O–H groups in total. The maximum absolute atomic E-state index is 12.6. The zero-order valence-electron chi connectivity index (χ0n) is 20.0. The molecule has 1 aliphatic heterocycles. The van der Waals surface area contributed by atoms with Gasteiger partial charge in [-0.2, -0.15) is 0 Å². The fraction of sp³-hybridized carbons (Fsp3) is 0.913. The number of hydrogen-bond acceptors (Lipinski definition) is 5. The zero-order chi connectivity index (χ0) is 22.5. The molecular formula is C23H40BNO5. The minimum Gasteiger partial charge on any atom is -0.460 e. The van der Waals surface area contributed by atoms with E-state index in [0.29, 0.717) is 17.8 Å². The molecule has 1 amide bonds. The van der Waals surface area contributed by atoms with Crippen LogP contribution in [0.2, 0.25) is 0 Å². The molecule has 1 heterocycles. The molecule has 170 valence electrons. The molecule has 3 saturated carbocycles. The molecule has 5 atom stereocenters. The molecule has 0 aromatic heterocycles. The Kier molecular flexibility index (Phi) is 6.39. The molecular weight excluding hydrogens is 381 g/mol. The van der Waals surface area contributed by atoms with Gasteiger partial charge >= 0.3 is 13.1 Å². The molecule has 0 spiro atoms. The molecule has 0 unspecified atom stereocenters. The van der Waals surface area contributed by atoms with Gasteiger partial charge in [0.15, 0.2) is 0 Å². The lowest BCUT2D eigenvalue weighted by molar-refractivity contribution is -0.199.